The minimum atomic E-state index is -0.320. The smallest absolute Gasteiger partial charge is 0.222 e. The van der Waals surface area contributed by atoms with Crippen LogP contribution in [0.5, 0.6) is 11.5 Å². The van der Waals surface area contributed by atoms with Crippen molar-refractivity contribution in [2.24, 2.45) is 11.7 Å². The highest BCUT2D eigenvalue weighted by Crippen LogP contribution is 2.19. The van der Waals surface area contributed by atoms with E-state index < -0.39 is 0 Å². The van der Waals surface area contributed by atoms with Crippen LogP contribution >= 0.6 is 0 Å². The van der Waals surface area contributed by atoms with Crippen molar-refractivity contribution in [1.82, 2.24) is 4.90 Å². The zero-order valence-corrected chi connectivity index (χ0v) is 13.5. The summed E-state index contributed by atoms with van der Waals surface area (Å²) in [7, 11) is 0. The van der Waals surface area contributed by atoms with E-state index >= 15 is 0 Å². The van der Waals surface area contributed by atoms with E-state index in [1.54, 1.807) is 4.90 Å². The molecule has 1 heterocycles. The SMILES string of the molecule is CCOc1ccc(OCCCC(=O)N2CCC(C(N)=O)C2)cc1. The summed E-state index contributed by atoms with van der Waals surface area (Å²) in [6.07, 6.45) is 1.73. The van der Waals surface area contributed by atoms with Gasteiger partial charge in [-0.15, -0.1) is 0 Å². The number of ether oxygens (including phenoxy) is 2. The number of primary amides is 1. The quantitative estimate of drug-likeness (QED) is 0.737. The third kappa shape index (κ3) is 5.16. The summed E-state index contributed by atoms with van der Waals surface area (Å²) in [4.78, 5) is 24.9. The molecule has 1 aliphatic heterocycles. The van der Waals surface area contributed by atoms with E-state index in [1.807, 2.05) is 31.2 Å². The van der Waals surface area contributed by atoms with Gasteiger partial charge >= 0.3 is 0 Å². The lowest BCUT2D eigenvalue weighted by molar-refractivity contribution is -0.130. The molecule has 1 aromatic rings. The Labute approximate surface area is 136 Å². The first-order valence-corrected chi connectivity index (χ1v) is 8.03. The van der Waals surface area contributed by atoms with E-state index in [1.165, 1.54) is 0 Å². The van der Waals surface area contributed by atoms with Gasteiger partial charge < -0.3 is 20.1 Å². The van der Waals surface area contributed by atoms with Gasteiger partial charge in [0.25, 0.3) is 0 Å². The molecule has 1 aliphatic rings. The average molecular weight is 320 g/mol. The lowest BCUT2D eigenvalue weighted by Crippen LogP contribution is -2.31. The molecule has 0 spiro atoms. The predicted octanol–water partition coefficient (Wildman–Crippen LogP) is 1.58. The number of hydrogen-bond donors (Lipinski definition) is 1. The molecule has 6 nitrogen and oxygen atoms in total. The molecule has 0 bridgehead atoms. The average Bonchev–Trinajstić information content (AvgIpc) is 3.03. The van der Waals surface area contributed by atoms with E-state index in [4.69, 9.17) is 15.2 Å². The van der Waals surface area contributed by atoms with Crippen LogP contribution in [0.25, 0.3) is 0 Å². The fourth-order valence-electron chi connectivity index (χ4n) is 2.59. The number of carbonyl (C=O) groups is 2. The Morgan fingerprint density at radius 2 is 1.87 bits per heavy atom. The summed E-state index contributed by atoms with van der Waals surface area (Å²) < 4.78 is 11.0. The lowest BCUT2D eigenvalue weighted by Gasteiger charge is -2.16. The molecule has 126 valence electrons. The van der Waals surface area contributed by atoms with Crippen LogP contribution < -0.4 is 15.2 Å². The van der Waals surface area contributed by atoms with Crippen molar-refractivity contribution in [3.05, 3.63) is 24.3 Å². The summed E-state index contributed by atoms with van der Waals surface area (Å²) in [5, 5.41) is 0. The number of benzene rings is 1. The molecule has 23 heavy (non-hydrogen) atoms. The first kappa shape index (κ1) is 17.1. The fourth-order valence-corrected chi connectivity index (χ4v) is 2.59. The molecular formula is C17H24N2O4. The van der Waals surface area contributed by atoms with E-state index in [0.717, 1.165) is 11.5 Å². The number of rotatable bonds is 8. The fraction of sp³-hybridized carbons (Fsp3) is 0.529. The second-order valence-corrected chi connectivity index (χ2v) is 5.58. The molecule has 2 rings (SSSR count). The van der Waals surface area contributed by atoms with Crippen LogP contribution in [-0.4, -0.2) is 43.0 Å². The molecule has 2 N–H and O–H groups in total. The Kier molecular flexibility index (Phi) is 6.26. The van der Waals surface area contributed by atoms with Gasteiger partial charge in [-0.2, -0.15) is 0 Å². The lowest BCUT2D eigenvalue weighted by atomic mass is 10.1. The van der Waals surface area contributed by atoms with Gasteiger partial charge in [0.15, 0.2) is 0 Å². The van der Waals surface area contributed by atoms with Crippen molar-refractivity contribution in [2.45, 2.75) is 26.2 Å². The zero-order chi connectivity index (χ0) is 16.7. The van der Waals surface area contributed by atoms with Crippen LogP contribution in [0.3, 0.4) is 0 Å². The van der Waals surface area contributed by atoms with Crippen LogP contribution in [0, 0.1) is 5.92 Å². The van der Waals surface area contributed by atoms with Gasteiger partial charge in [0.2, 0.25) is 11.8 Å². The molecule has 1 fully saturated rings. The number of nitrogens with two attached hydrogens (primary N) is 1. The Bertz CT molecular complexity index is 530. The highest BCUT2D eigenvalue weighted by Gasteiger charge is 2.29. The van der Waals surface area contributed by atoms with E-state index in [2.05, 4.69) is 0 Å². The van der Waals surface area contributed by atoms with Crippen LogP contribution in [-0.2, 0) is 9.59 Å². The molecule has 0 radical (unpaired) electrons. The Morgan fingerprint density at radius 1 is 1.22 bits per heavy atom. The van der Waals surface area contributed by atoms with Crippen molar-refractivity contribution >= 4 is 11.8 Å². The van der Waals surface area contributed by atoms with Crippen molar-refractivity contribution in [3.8, 4) is 11.5 Å². The molecule has 2 amide bonds. The normalized spacial score (nSPS) is 17.1. The van der Waals surface area contributed by atoms with Gasteiger partial charge in [-0.1, -0.05) is 0 Å². The summed E-state index contributed by atoms with van der Waals surface area (Å²) in [5.74, 6) is 1.12. The van der Waals surface area contributed by atoms with Crippen molar-refractivity contribution in [3.63, 3.8) is 0 Å². The number of carbonyl (C=O) groups excluding carboxylic acids is 2. The molecule has 0 saturated carbocycles. The molecule has 0 aromatic heterocycles. The summed E-state index contributed by atoms with van der Waals surface area (Å²) in [6, 6.07) is 7.42. The first-order valence-electron chi connectivity index (χ1n) is 8.03. The van der Waals surface area contributed by atoms with Crippen LogP contribution in [0.2, 0.25) is 0 Å². The highest BCUT2D eigenvalue weighted by molar-refractivity contribution is 5.81. The Hall–Kier alpha value is -2.24. The number of likely N-dealkylation sites (tertiary alicyclic amines) is 1. The van der Waals surface area contributed by atoms with Crippen molar-refractivity contribution in [1.29, 1.82) is 0 Å². The van der Waals surface area contributed by atoms with Crippen LogP contribution in [0.15, 0.2) is 24.3 Å². The first-order chi connectivity index (χ1) is 11.1. The largest absolute Gasteiger partial charge is 0.494 e. The molecule has 6 heteroatoms. The molecule has 1 aromatic carbocycles. The van der Waals surface area contributed by atoms with Gasteiger partial charge in [-0.3, -0.25) is 9.59 Å². The minimum absolute atomic E-state index is 0.0593. The molecular weight excluding hydrogens is 296 g/mol. The maximum absolute atomic E-state index is 12.0. The third-order valence-electron chi connectivity index (χ3n) is 3.88. The van der Waals surface area contributed by atoms with Crippen LogP contribution in [0.1, 0.15) is 26.2 Å². The second-order valence-electron chi connectivity index (χ2n) is 5.58. The number of hydrogen-bond acceptors (Lipinski definition) is 4. The van der Waals surface area contributed by atoms with Crippen molar-refractivity contribution < 1.29 is 19.1 Å². The Morgan fingerprint density at radius 3 is 2.43 bits per heavy atom. The summed E-state index contributed by atoms with van der Waals surface area (Å²) in [6.45, 7) is 4.12. The third-order valence-corrected chi connectivity index (χ3v) is 3.88. The molecule has 0 aliphatic carbocycles. The van der Waals surface area contributed by atoms with E-state index in [-0.39, 0.29) is 17.7 Å². The number of nitrogens with zero attached hydrogens (tertiary/aromatic N) is 1. The molecule has 1 atom stereocenters. The standard InChI is InChI=1S/C17H24N2O4/c1-2-22-14-5-7-15(8-6-14)23-11-3-4-16(20)19-10-9-13(12-19)17(18)21/h5-8,13H,2-4,9-12H2,1H3,(H2,18,21). The topological polar surface area (TPSA) is 81.9 Å². The maximum Gasteiger partial charge on any atom is 0.222 e. The zero-order valence-electron chi connectivity index (χ0n) is 13.5. The van der Waals surface area contributed by atoms with Crippen LogP contribution in [0.4, 0.5) is 0 Å². The number of amides is 2. The minimum Gasteiger partial charge on any atom is -0.494 e. The van der Waals surface area contributed by atoms with Gasteiger partial charge in [0.05, 0.1) is 19.1 Å². The second kappa shape index (κ2) is 8.41. The molecule has 1 unspecified atom stereocenters. The Balaban J connectivity index is 1.65. The van der Waals surface area contributed by atoms with E-state index in [9.17, 15) is 9.59 Å². The maximum atomic E-state index is 12.0. The van der Waals surface area contributed by atoms with Gasteiger partial charge in [0, 0.05) is 19.5 Å². The van der Waals surface area contributed by atoms with Gasteiger partial charge in [-0.05, 0) is 44.0 Å². The van der Waals surface area contributed by atoms with Crippen molar-refractivity contribution in [2.75, 3.05) is 26.3 Å². The van der Waals surface area contributed by atoms with E-state index in [0.29, 0.717) is 45.6 Å². The summed E-state index contributed by atoms with van der Waals surface area (Å²) >= 11 is 0. The monoisotopic (exact) mass is 320 g/mol. The molecule has 1 saturated heterocycles. The van der Waals surface area contributed by atoms with Gasteiger partial charge in [-0.25, -0.2) is 0 Å². The highest BCUT2D eigenvalue weighted by atomic mass is 16.5. The summed E-state index contributed by atoms with van der Waals surface area (Å²) in [5.41, 5.74) is 5.27. The predicted molar refractivity (Wildman–Crippen MR) is 86.2 cm³/mol. The van der Waals surface area contributed by atoms with Gasteiger partial charge in [0.1, 0.15) is 11.5 Å².